The molecule has 0 atom stereocenters. The van der Waals surface area contributed by atoms with Gasteiger partial charge in [-0.1, -0.05) is 12.1 Å². The minimum Gasteiger partial charge on any atom is -0.481 e. The maximum absolute atomic E-state index is 13.1. The fourth-order valence-electron chi connectivity index (χ4n) is 1.61. The number of carboxylic acid groups (broad SMARTS) is 1. The molecule has 2 rings (SSSR count). The third kappa shape index (κ3) is 2.29. The van der Waals surface area contributed by atoms with E-state index in [1.165, 1.54) is 31.4 Å². The first-order valence-electron chi connectivity index (χ1n) is 5.16. The lowest BCUT2D eigenvalue weighted by molar-refractivity contribution is 0.0690. The van der Waals surface area contributed by atoms with Crippen LogP contribution < -0.4 is 4.74 Å². The van der Waals surface area contributed by atoms with Gasteiger partial charge in [0.1, 0.15) is 5.82 Å². The van der Waals surface area contributed by atoms with Gasteiger partial charge in [-0.2, -0.15) is 0 Å². The summed E-state index contributed by atoms with van der Waals surface area (Å²) in [6.45, 7) is 0. The van der Waals surface area contributed by atoms with E-state index in [2.05, 4.69) is 4.98 Å². The quantitative estimate of drug-likeness (QED) is 0.905. The molecule has 0 aliphatic carbocycles. The molecule has 0 fully saturated rings. The maximum atomic E-state index is 13.1. The second-order valence-electron chi connectivity index (χ2n) is 3.57. The van der Waals surface area contributed by atoms with E-state index in [9.17, 15) is 9.18 Å². The average molecular weight is 247 g/mol. The van der Waals surface area contributed by atoms with Gasteiger partial charge in [-0.25, -0.2) is 14.2 Å². The van der Waals surface area contributed by atoms with Crippen LogP contribution >= 0.6 is 0 Å². The molecule has 1 aromatic heterocycles. The molecule has 2 aromatic rings. The molecule has 0 saturated heterocycles. The highest BCUT2D eigenvalue weighted by atomic mass is 19.1. The number of carbonyl (C=O) groups is 1. The number of methoxy groups -OCH3 is 1. The number of aromatic carboxylic acids is 1. The second-order valence-corrected chi connectivity index (χ2v) is 3.57. The molecule has 0 radical (unpaired) electrons. The topological polar surface area (TPSA) is 59.4 Å². The van der Waals surface area contributed by atoms with E-state index < -0.39 is 11.8 Å². The van der Waals surface area contributed by atoms with Gasteiger partial charge in [-0.05, 0) is 23.8 Å². The summed E-state index contributed by atoms with van der Waals surface area (Å²) in [6.07, 6.45) is 0. The van der Waals surface area contributed by atoms with E-state index in [-0.39, 0.29) is 11.6 Å². The highest BCUT2D eigenvalue weighted by Crippen LogP contribution is 2.25. The van der Waals surface area contributed by atoms with Crippen LogP contribution in [0.15, 0.2) is 36.4 Å². The summed E-state index contributed by atoms with van der Waals surface area (Å²) in [7, 11) is 1.40. The molecule has 92 valence electrons. The van der Waals surface area contributed by atoms with E-state index in [4.69, 9.17) is 9.84 Å². The first-order valence-corrected chi connectivity index (χ1v) is 5.16. The molecule has 1 N–H and O–H groups in total. The number of carboxylic acids is 1. The third-order valence-corrected chi connectivity index (χ3v) is 2.42. The molecule has 0 saturated carbocycles. The van der Waals surface area contributed by atoms with Gasteiger partial charge in [0.25, 0.3) is 0 Å². The summed E-state index contributed by atoms with van der Waals surface area (Å²) in [5.74, 6) is -1.42. The third-order valence-electron chi connectivity index (χ3n) is 2.42. The lowest BCUT2D eigenvalue weighted by Crippen LogP contribution is -2.04. The Morgan fingerprint density at radius 2 is 2.11 bits per heavy atom. The Bertz CT molecular complexity index is 599. The summed E-state index contributed by atoms with van der Waals surface area (Å²) in [5.41, 5.74) is 0.644. The van der Waals surface area contributed by atoms with Crippen LogP contribution in [0.3, 0.4) is 0 Å². The van der Waals surface area contributed by atoms with E-state index in [1.807, 2.05) is 0 Å². The first kappa shape index (κ1) is 12.0. The zero-order chi connectivity index (χ0) is 13.1. The van der Waals surface area contributed by atoms with Crippen molar-refractivity contribution < 1.29 is 19.0 Å². The van der Waals surface area contributed by atoms with E-state index >= 15 is 0 Å². The van der Waals surface area contributed by atoms with E-state index in [1.54, 1.807) is 12.1 Å². The Morgan fingerprint density at radius 3 is 2.72 bits per heavy atom. The molecule has 0 bridgehead atoms. The van der Waals surface area contributed by atoms with Crippen LogP contribution in [0.5, 0.6) is 5.88 Å². The predicted octanol–water partition coefficient (Wildman–Crippen LogP) is 2.59. The highest BCUT2D eigenvalue weighted by molar-refractivity contribution is 5.94. The van der Waals surface area contributed by atoms with Gasteiger partial charge in [0.05, 0.1) is 7.11 Å². The number of halogens is 1. The van der Waals surface area contributed by atoms with Crippen molar-refractivity contribution in [1.29, 1.82) is 0 Å². The summed E-state index contributed by atoms with van der Waals surface area (Å²) in [6, 6.07) is 8.77. The Balaban J connectivity index is 2.60. The fraction of sp³-hybridized carbons (Fsp3) is 0.0769. The predicted molar refractivity (Wildman–Crippen MR) is 63.1 cm³/mol. The standard InChI is InChI=1S/C13H10FNO3/c1-18-11-6-5-10(12(15-11)13(16)17)8-3-2-4-9(14)7-8/h2-7H,1H3,(H,16,17). The van der Waals surface area contributed by atoms with Crippen LogP contribution in [0, 0.1) is 5.82 Å². The molecule has 1 heterocycles. The maximum Gasteiger partial charge on any atom is 0.355 e. The van der Waals surface area contributed by atoms with Gasteiger partial charge in [0, 0.05) is 11.6 Å². The summed E-state index contributed by atoms with van der Waals surface area (Å²) < 4.78 is 18.0. The molecular weight excluding hydrogens is 237 g/mol. The minimum atomic E-state index is -1.19. The number of hydrogen-bond donors (Lipinski definition) is 1. The van der Waals surface area contributed by atoms with Crippen molar-refractivity contribution >= 4 is 5.97 Å². The van der Waals surface area contributed by atoms with E-state index in [0.717, 1.165) is 0 Å². The summed E-state index contributed by atoms with van der Waals surface area (Å²) in [5, 5.41) is 9.10. The number of rotatable bonds is 3. The van der Waals surface area contributed by atoms with Crippen molar-refractivity contribution in [2.75, 3.05) is 7.11 Å². The van der Waals surface area contributed by atoms with Crippen molar-refractivity contribution in [3.05, 3.63) is 47.9 Å². The molecule has 1 aromatic carbocycles. The number of benzene rings is 1. The number of nitrogens with zero attached hydrogens (tertiary/aromatic N) is 1. The lowest BCUT2D eigenvalue weighted by atomic mass is 10.0. The molecule has 0 aliphatic heterocycles. The van der Waals surface area contributed by atoms with E-state index in [0.29, 0.717) is 11.1 Å². The highest BCUT2D eigenvalue weighted by Gasteiger charge is 2.15. The van der Waals surface area contributed by atoms with Gasteiger partial charge in [-0.3, -0.25) is 0 Å². The zero-order valence-corrected chi connectivity index (χ0v) is 9.55. The summed E-state index contributed by atoms with van der Waals surface area (Å²) in [4.78, 5) is 15.0. The van der Waals surface area contributed by atoms with Crippen LogP contribution in [0.25, 0.3) is 11.1 Å². The molecule has 0 aliphatic rings. The molecule has 0 spiro atoms. The molecular formula is C13H10FNO3. The van der Waals surface area contributed by atoms with Crippen LogP contribution in [0.2, 0.25) is 0 Å². The van der Waals surface area contributed by atoms with Crippen molar-refractivity contribution in [3.8, 4) is 17.0 Å². The van der Waals surface area contributed by atoms with Gasteiger partial charge in [0.2, 0.25) is 5.88 Å². The number of aromatic nitrogens is 1. The number of hydrogen-bond acceptors (Lipinski definition) is 3. The summed E-state index contributed by atoms with van der Waals surface area (Å²) >= 11 is 0. The largest absolute Gasteiger partial charge is 0.481 e. The van der Waals surface area contributed by atoms with Crippen LogP contribution in [0.4, 0.5) is 4.39 Å². The Morgan fingerprint density at radius 1 is 1.33 bits per heavy atom. The first-order chi connectivity index (χ1) is 8.61. The second kappa shape index (κ2) is 4.83. The number of ether oxygens (including phenoxy) is 1. The van der Waals surface area contributed by atoms with Crippen LogP contribution in [0.1, 0.15) is 10.5 Å². The molecule has 0 amide bonds. The van der Waals surface area contributed by atoms with Crippen LogP contribution in [-0.4, -0.2) is 23.2 Å². The molecule has 18 heavy (non-hydrogen) atoms. The molecule has 0 unspecified atom stereocenters. The smallest absolute Gasteiger partial charge is 0.355 e. The van der Waals surface area contributed by atoms with Crippen molar-refractivity contribution in [3.63, 3.8) is 0 Å². The van der Waals surface area contributed by atoms with Crippen molar-refractivity contribution in [2.45, 2.75) is 0 Å². The van der Waals surface area contributed by atoms with Crippen LogP contribution in [-0.2, 0) is 0 Å². The van der Waals surface area contributed by atoms with Gasteiger partial charge in [0.15, 0.2) is 5.69 Å². The Labute approximate surface area is 103 Å². The van der Waals surface area contributed by atoms with Crippen molar-refractivity contribution in [1.82, 2.24) is 4.98 Å². The zero-order valence-electron chi connectivity index (χ0n) is 9.55. The van der Waals surface area contributed by atoms with Gasteiger partial charge >= 0.3 is 5.97 Å². The molecule has 5 heteroatoms. The van der Waals surface area contributed by atoms with Gasteiger partial charge in [-0.15, -0.1) is 0 Å². The Hall–Kier alpha value is -2.43. The fourth-order valence-corrected chi connectivity index (χ4v) is 1.61. The van der Waals surface area contributed by atoms with Gasteiger partial charge < -0.3 is 9.84 Å². The Kier molecular flexibility index (Phi) is 3.23. The minimum absolute atomic E-state index is 0.167. The monoisotopic (exact) mass is 247 g/mol. The average Bonchev–Trinajstić information content (AvgIpc) is 2.38. The SMILES string of the molecule is COc1ccc(-c2cccc(F)c2)c(C(=O)O)n1. The normalized spacial score (nSPS) is 10.1. The lowest BCUT2D eigenvalue weighted by Gasteiger charge is -2.07. The van der Waals surface area contributed by atoms with Crippen molar-refractivity contribution in [2.24, 2.45) is 0 Å². The number of pyridine rings is 1. The molecule has 4 nitrogen and oxygen atoms in total.